The molecule has 3 heterocycles. The Morgan fingerprint density at radius 1 is 1.06 bits per heavy atom. The molecule has 0 bridgehead atoms. The van der Waals surface area contributed by atoms with E-state index in [0.29, 0.717) is 24.4 Å². The van der Waals surface area contributed by atoms with Gasteiger partial charge < -0.3 is 30.0 Å². The van der Waals surface area contributed by atoms with Gasteiger partial charge in [-0.1, -0.05) is 24.6 Å². The van der Waals surface area contributed by atoms with Gasteiger partial charge in [0.25, 0.3) is 0 Å². The van der Waals surface area contributed by atoms with E-state index in [4.69, 9.17) is 0 Å². The lowest BCUT2D eigenvalue weighted by Gasteiger charge is -2.48. The normalized spacial score (nSPS) is 23.5. The molecule has 6 rings (SSSR count). The van der Waals surface area contributed by atoms with E-state index in [1.54, 1.807) is 29.2 Å². The summed E-state index contributed by atoms with van der Waals surface area (Å²) in [6.07, 6.45) is 5.93. The molecule has 4 fully saturated rings. The lowest BCUT2D eigenvalue weighted by molar-refractivity contribution is -0.129. The maximum absolute atomic E-state index is 14.5. The Labute approximate surface area is 300 Å². The molecule has 274 valence electrons. The van der Waals surface area contributed by atoms with E-state index in [-0.39, 0.29) is 41.8 Å². The molecule has 1 aliphatic carbocycles. The molecule has 3 aliphatic heterocycles. The number of anilines is 1. The van der Waals surface area contributed by atoms with Crippen LogP contribution in [0.3, 0.4) is 0 Å². The van der Waals surface area contributed by atoms with Gasteiger partial charge in [-0.15, -0.1) is 0 Å². The fourth-order valence-electron chi connectivity index (χ4n) is 8.73. The highest BCUT2D eigenvalue weighted by Gasteiger charge is 2.53. The van der Waals surface area contributed by atoms with E-state index in [1.165, 1.54) is 18.2 Å². The van der Waals surface area contributed by atoms with Crippen molar-refractivity contribution in [1.82, 2.24) is 20.0 Å². The lowest BCUT2D eigenvalue weighted by atomic mass is 9.59. The summed E-state index contributed by atoms with van der Waals surface area (Å²) in [7, 11) is 0.291. The molecule has 1 saturated carbocycles. The maximum Gasteiger partial charge on any atom is 0.404 e. The van der Waals surface area contributed by atoms with Gasteiger partial charge in [0.2, 0.25) is 5.91 Å². The molecule has 2 aromatic carbocycles. The van der Waals surface area contributed by atoms with Gasteiger partial charge in [0.05, 0.1) is 16.4 Å². The van der Waals surface area contributed by atoms with Crippen molar-refractivity contribution in [3.05, 3.63) is 72.1 Å². The quantitative estimate of drug-likeness (QED) is 0.312. The average molecular weight is 721 g/mol. The first-order chi connectivity index (χ1) is 24.4. The zero-order valence-electron chi connectivity index (χ0n) is 29.5. The van der Waals surface area contributed by atoms with Crippen LogP contribution in [-0.2, 0) is 20.0 Å². The summed E-state index contributed by atoms with van der Waals surface area (Å²) in [5.41, 5.74) is 0.646. The van der Waals surface area contributed by atoms with Crippen molar-refractivity contribution in [1.29, 1.82) is 5.26 Å². The van der Waals surface area contributed by atoms with Crippen molar-refractivity contribution in [3.63, 3.8) is 0 Å². The molecule has 51 heavy (non-hydrogen) atoms. The highest BCUT2D eigenvalue weighted by Crippen LogP contribution is 2.50. The number of carboxylic acid groups (broad SMARTS) is 1. The first-order valence-corrected chi connectivity index (χ1v) is 19.5. The van der Waals surface area contributed by atoms with Crippen LogP contribution >= 0.6 is 0 Å². The van der Waals surface area contributed by atoms with Crippen LogP contribution < -0.4 is 10.2 Å². The number of piperidine rings is 1. The Morgan fingerprint density at radius 2 is 1.76 bits per heavy atom. The number of hydrogen-bond acceptors (Lipinski definition) is 8. The monoisotopic (exact) mass is 720 g/mol. The average Bonchev–Trinajstić information content (AvgIpc) is 3.50. The van der Waals surface area contributed by atoms with Crippen LogP contribution in [0.4, 0.5) is 14.9 Å². The van der Waals surface area contributed by atoms with Crippen LogP contribution in [0.15, 0.2) is 65.6 Å². The van der Waals surface area contributed by atoms with Crippen molar-refractivity contribution in [3.8, 4) is 6.07 Å². The Hall–Kier alpha value is -3.99. The summed E-state index contributed by atoms with van der Waals surface area (Å²) in [5, 5.41) is 22.4. The van der Waals surface area contributed by atoms with E-state index in [0.717, 1.165) is 64.1 Å². The van der Waals surface area contributed by atoms with Gasteiger partial charge in [0.15, 0.2) is 9.84 Å². The standard InChI is InChI=1S/C38H49FN6O5S/c1-42(2)17-5-10-36(46)45-24-33(25-45)51(49,50)32-13-11-31(12-14-32)44-22-27(23-44)21-43-18-15-28(16-19-43)38(26-40,29-6-3-7-30(39)20-29)34-8-4-9-35(34)41-37(47)48/h3,5-7,10-14,20,27-28,33-35,41H,4,8-9,15-19,21-25H2,1-2H3,(H,47,48)/b10-5+/t34-,35-,38+/m0/s1. The molecule has 13 heteroatoms. The third-order valence-electron chi connectivity index (χ3n) is 11.5. The lowest BCUT2D eigenvalue weighted by Crippen LogP contribution is -2.56. The van der Waals surface area contributed by atoms with Crippen LogP contribution in [0.5, 0.6) is 0 Å². The fourth-order valence-corrected chi connectivity index (χ4v) is 10.4. The topological polar surface area (TPSA) is 137 Å². The Kier molecular flexibility index (Phi) is 11.0. The molecule has 2 amide bonds. The molecular weight excluding hydrogens is 672 g/mol. The molecule has 2 N–H and O–H groups in total. The number of halogens is 1. The number of nitriles is 1. The number of hydrogen-bond donors (Lipinski definition) is 2. The van der Waals surface area contributed by atoms with Crippen molar-refractivity contribution in [2.75, 3.05) is 71.4 Å². The second kappa shape index (κ2) is 15.3. The third-order valence-corrected chi connectivity index (χ3v) is 13.6. The van der Waals surface area contributed by atoms with Crippen LogP contribution in [0.1, 0.15) is 37.7 Å². The highest BCUT2D eigenvalue weighted by atomic mass is 32.2. The van der Waals surface area contributed by atoms with Crippen LogP contribution in [-0.4, -0.2) is 118 Å². The number of carbonyl (C=O) groups excluding carboxylic acids is 1. The Bertz CT molecular complexity index is 1740. The summed E-state index contributed by atoms with van der Waals surface area (Å²) in [4.78, 5) is 32.4. The number of nitrogens with one attached hydrogen (secondary N) is 1. The molecule has 0 unspecified atom stereocenters. The van der Waals surface area contributed by atoms with E-state index < -0.39 is 32.4 Å². The summed E-state index contributed by atoms with van der Waals surface area (Å²) in [5.74, 6) is -0.353. The first-order valence-electron chi connectivity index (χ1n) is 18.0. The number of benzene rings is 2. The third kappa shape index (κ3) is 7.78. The number of sulfone groups is 1. The largest absolute Gasteiger partial charge is 0.465 e. The van der Waals surface area contributed by atoms with Gasteiger partial charge in [0.1, 0.15) is 11.1 Å². The maximum atomic E-state index is 14.5. The smallest absolute Gasteiger partial charge is 0.404 e. The molecule has 0 radical (unpaired) electrons. The van der Waals surface area contributed by atoms with Gasteiger partial charge in [0, 0.05) is 68.9 Å². The summed E-state index contributed by atoms with van der Waals surface area (Å²) < 4.78 is 41.0. The Balaban J connectivity index is 1.01. The molecule has 0 aromatic heterocycles. The number of likely N-dealkylation sites (N-methyl/N-ethyl adjacent to an activating group) is 1. The van der Waals surface area contributed by atoms with Crippen molar-refractivity contribution in [2.24, 2.45) is 17.8 Å². The highest BCUT2D eigenvalue weighted by molar-refractivity contribution is 7.92. The van der Waals surface area contributed by atoms with Gasteiger partial charge in [-0.25, -0.2) is 17.6 Å². The molecule has 3 atom stereocenters. The van der Waals surface area contributed by atoms with E-state index in [2.05, 4.69) is 21.2 Å². The zero-order valence-corrected chi connectivity index (χ0v) is 30.3. The predicted molar refractivity (Wildman–Crippen MR) is 193 cm³/mol. The van der Waals surface area contributed by atoms with Gasteiger partial charge in [-0.2, -0.15) is 5.26 Å². The van der Waals surface area contributed by atoms with Crippen LogP contribution in [0, 0.1) is 34.9 Å². The second-order valence-corrected chi connectivity index (χ2v) is 17.2. The molecule has 4 aliphatic rings. The number of amides is 2. The van der Waals surface area contributed by atoms with Gasteiger partial charge in [-0.3, -0.25) is 4.79 Å². The van der Waals surface area contributed by atoms with Crippen molar-refractivity contribution >= 4 is 27.5 Å². The second-order valence-electron chi connectivity index (χ2n) is 15.0. The van der Waals surface area contributed by atoms with E-state index in [9.17, 15) is 32.8 Å². The first kappa shape index (κ1) is 36.8. The number of carbonyl (C=O) groups is 2. The summed E-state index contributed by atoms with van der Waals surface area (Å²) in [6.45, 7) is 5.32. The SMILES string of the molecule is CN(C)C/C=C/C(=O)N1CC(S(=O)(=O)c2ccc(N3CC(CN4CCC([C@](C#N)(c5cccc(F)c5)[C@H]5CCC[C@@H]5NC(=O)O)CC4)C3)cc2)C1. The number of rotatable bonds is 12. The molecule has 2 aromatic rings. The summed E-state index contributed by atoms with van der Waals surface area (Å²) >= 11 is 0. The number of nitrogens with zero attached hydrogens (tertiary/aromatic N) is 5. The minimum Gasteiger partial charge on any atom is -0.465 e. The van der Waals surface area contributed by atoms with Crippen LogP contribution in [0.2, 0.25) is 0 Å². The predicted octanol–water partition coefficient (Wildman–Crippen LogP) is 3.97. The van der Waals surface area contributed by atoms with Crippen LogP contribution in [0.25, 0.3) is 0 Å². The van der Waals surface area contributed by atoms with E-state index >= 15 is 0 Å². The zero-order chi connectivity index (χ0) is 36.3. The van der Waals surface area contributed by atoms with Crippen molar-refractivity contribution in [2.45, 2.75) is 53.7 Å². The van der Waals surface area contributed by atoms with E-state index in [1.807, 2.05) is 37.2 Å². The molecule has 11 nitrogen and oxygen atoms in total. The van der Waals surface area contributed by atoms with Gasteiger partial charge in [-0.05, 0) is 101 Å². The molecule has 0 spiro atoms. The molecular formula is C38H49FN6O5S. The fraction of sp³-hybridized carbons (Fsp3) is 0.553. The summed E-state index contributed by atoms with van der Waals surface area (Å²) in [6, 6.07) is 15.7. The Morgan fingerprint density at radius 3 is 2.39 bits per heavy atom. The molecule has 3 saturated heterocycles. The van der Waals surface area contributed by atoms with Crippen molar-refractivity contribution < 1.29 is 27.5 Å². The van der Waals surface area contributed by atoms with Gasteiger partial charge >= 0.3 is 6.09 Å². The minimum absolute atomic E-state index is 0.0251. The number of likely N-dealkylation sites (tertiary alicyclic amines) is 2. The minimum atomic E-state index is -3.53.